The van der Waals surface area contributed by atoms with E-state index in [9.17, 15) is 4.79 Å². The van der Waals surface area contributed by atoms with Gasteiger partial charge in [-0.1, -0.05) is 30.3 Å². The number of carbonyl (C=O) groups is 1. The molecule has 1 heterocycles. The molecule has 0 radical (unpaired) electrons. The number of likely N-dealkylation sites (N-methyl/N-ethyl adjacent to an activating group) is 1. The van der Waals surface area contributed by atoms with Gasteiger partial charge in [0.25, 0.3) is 5.91 Å². The molecule has 1 amide bonds. The van der Waals surface area contributed by atoms with Crippen LogP contribution in [0.2, 0.25) is 0 Å². The van der Waals surface area contributed by atoms with E-state index in [1.807, 2.05) is 43.3 Å². The van der Waals surface area contributed by atoms with Crippen LogP contribution in [0.4, 0.5) is 0 Å². The molecule has 0 unspecified atom stereocenters. The Morgan fingerprint density at radius 2 is 1.95 bits per heavy atom. The van der Waals surface area contributed by atoms with Crippen LogP contribution in [-0.2, 0) is 0 Å². The summed E-state index contributed by atoms with van der Waals surface area (Å²) >= 11 is 0. The summed E-state index contributed by atoms with van der Waals surface area (Å²) in [7, 11) is 0. The maximum absolute atomic E-state index is 12.3. The third-order valence-electron chi connectivity index (χ3n) is 3.13. The van der Waals surface area contributed by atoms with Crippen molar-refractivity contribution in [3.05, 3.63) is 54.4 Å². The molecular weight excluding hydrogens is 252 g/mol. The van der Waals surface area contributed by atoms with Gasteiger partial charge in [0.1, 0.15) is 0 Å². The molecule has 1 aromatic heterocycles. The number of amides is 1. The van der Waals surface area contributed by atoms with E-state index in [1.165, 1.54) is 0 Å². The summed E-state index contributed by atoms with van der Waals surface area (Å²) in [6, 6.07) is 11.7. The van der Waals surface area contributed by atoms with E-state index in [1.54, 1.807) is 17.3 Å². The SMILES string of the molecule is CCN(CCO)C(=O)c1cncc(-c2ccccc2)c1. The van der Waals surface area contributed by atoms with Crippen molar-refractivity contribution in [2.45, 2.75) is 6.92 Å². The molecule has 1 aromatic carbocycles. The first-order valence-corrected chi connectivity index (χ1v) is 6.67. The lowest BCUT2D eigenvalue weighted by Crippen LogP contribution is -2.33. The Balaban J connectivity index is 2.28. The molecule has 104 valence electrons. The predicted molar refractivity (Wildman–Crippen MR) is 78.3 cm³/mol. The first-order chi connectivity index (χ1) is 9.76. The van der Waals surface area contributed by atoms with Gasteiger partial charge >= 0.3 is 0 Å². The maximum atomic E-state index is 12.3. The van der Waals surface area contributed by atoms with Crippen LogP contribution >= 0.6 is 0 Å². The Morgan fingerprint density at radius 1 is 1.20 bits per heavy atom. The van der Waals surface area contributed by atoms with Crippen LogP contribution in [0.25, 0.3) is 11.1 Å². The highest BCUT2D eigenvalue weighted by atomic mass is 16.3. The average Bonchev–Trinajstić information content (AvgIpc) is 2.53. The van der Waals surface area contributed by atoms with Gasteiger partial charge in [-0.15, -0.1) is 0 Å². The first kappa shape index (κ1) is 14.2. The van der Waals surface area contributed by atoms with Crippen LogP contribution < -0.4 is 0 Å². The van der Waals surface area contributed by atoms with E-state index in [2.05, 4.69) is 4.98 Å². The molecule has 4 nitrogen and oxygen atoms in total. The second-order valence-electron chi connectivity index (χ2n) is 4.44. The lowest BCUT2D eigenvalue weighted by Gasteiger charge is -2.19. The van der Waals surface area contributed by atoms with Crippen molar-refractivity contribution in [2.24, 2.45) is 0 Å². The molecule has 0 aliphatic heterocycles. The number of aliphatic hydroxyl groups is 1. The summed E-state index contributed by atoms with van der Waals surface area (Å²) in [5.41, 5.74) is 2.48. The van der Waals surface area contributed by atoms with E-state index in [0.29, 0.717) is 18.7 Å². The van der Waals surface area contributed by atoms with Crippen LogP contribution in [0.3, 0.4) is 0 Å². The molecular formula is C16H18N2O2. The van der Waals surface area contributed by atoms with Gasteiger partial charge in [-0.25, -0.2) is 0 Å². The Hall–Kier alpha value is -2.20. The average molecular weight is 270 g/mol. The molecule has 0 bridgehead atoms. The zero-order chi connectivity index (χ0) is 14.4. The van der Waals surface area contributed by atoms with Crippen LogP contribution in [0.1, 0.15) is 17.3 Å². The Morgan fingerprint density at radius 3 is 2.60 bits per heavy atom. The number of aromatic nitrogens is 1. The smallest absolute Gasteiger partial charge is 0.255 e. The zero-order valence-corrected chi connectivity index (χ0v) is 11.5. The van der Waals surface area contributed by atoms with Gasteiger partial charge in [-0.05, 0) is 18.6 Å². The fourth-order valence-corrected chi connectivity index (χ4v) is 2.05. The third kappa shape index (κ3) is 3.22. The van der Waals surface area contributed by atoms with E-state index < -0.39 is 0 Å². The number of aliphatic hydroxyl groups excluding tert-OH is 1. The molecule has 2 aromatic rings. The largest absolute Gasteiger partial charge is 0.395 e. The molecule has 0 atom stereocenters. The number of hydrogen-bond donors (Lipinski definition) is 1. The fourth-order valence-electron chi connectivity index (χ4n) is 2.05. The van der Waals surface area contributed by atoms with Crippen LogP contribution in [0, 0.1) is 0 Å². The van der Waals surface area contributed by atoms with Crippen molar-refractivity contribution in [3.8, 4) is 11.1 Å². The molecule has 0 aliphatic carbocycles. The number of rotatable bonds is 5. The van der Waals surface area contributed by atoms with Crippen LogP contribution in [0.5, 0.6) is 0 Å². The summed E-state index contributed by atoms with van der Waals surface area (Å²) < 4.78 is 0. The Kier molecular flexibility index (Phi) is 4.85. The Labute approximate surface area is 118 Å². The predicted octanol–water partition coefficient (Wildman–Crippen LogP) is 2.20. The molecule has 1 N–H and O–H groups in total. The number of benzene rings is 1. The van der Waals surface area contributed by atoms with E-state index in [4.69, 9.17) is 5.11 Å². The van der Waals surface area contributed by atoms with Crippen molar-refractivity contribution in [3.63, 3.8) is 0 Å². The highest BCUT2D eigenvalue weighted by molar-refractivity contribution is 5.95. The molecule has 2 rings (SSSR count). The van der Waals surface area contributed by atoms with Gasteiger partial charge in [0.05, 0.1) is 12.2 Å². The van der Waals surface area contributed by atoms with E-state index in [0.717, 1.165) is 11.1 Å². The Bertz CT molecular complexity index is 570. The lowest BCUT2D eigenvalue weighted by atomic mass is 10.1. The van der Waals surface area contributed by atoms with Gasteiger partial charge in [0.2, 0.25) is 0 Å². The van der Waals surface area contributed by atoms with Crippen molar-refractivity contribution >= 4 is 5.91 Å². The summed E-state index contributed by atoms with van der Waals surface area (Å²) in [4.78, 5) is 18.1. The van der Waals surface area contributed by atoms with E-state index in [-0.39, 0.29) is 12.5 Å². The topological polar surface area (TPSA) is 53.4 Å². The molecule has 0 aliphatic rings. The number of hydrogen-bond acceptors (Lipinski definition) is 3. The minimum Gasteiger partial charge on any atom is -0.395 e. The standard InChI is InChI=1S/C16H18N2O2/c1-2-18(8-9-19)16(20)15-10-14(11-17-12-15)13-6-4-3-5-7-13/h3-7,10-12,19H,2,8-9H2,1H3. The van der Waals surface area contributed by atoms with Crippen molar-refractivity contribution in [2.75, 3.05) is 19.7 Å². The quantitative estimate of drug-likeness (QED) is 0.906. The molecule has 0 saturated carbocycles. The normalized spacial score (nSPS) is 10.3. The molecule has 4 heteroatoms. The van der Waals surface area contributed by atoms with Crippen molar-refractivity contribution in [1.82, 2.24) is 9.88 Å². The first-order valence-electron chi connectivity index (χ1n) is 6.67. The van der Waals surface area contributed by atoms with Gasteiger partial charge in [-0.2, -0.15) is 0 Å². The monoisotopic (exact) mass is 270 g/mol. The number of carbonyl (C=O) groups excluding carboxylic acids is 1. The minimum absolute atomic E-state index is 0.0363. The lowest BCUT2D eigenvalue weighted by molar-refractivity contribution is 0.0731. The van der Waals surface area contributed by atoms with Gasteiger partial charge in [-0.3, -0.25) is 9.78 Å². The summed E-state index contributed by atoms with van der Waals surface area (Å²) in [6.45, 7) is 2.76. The van der Waals surface area contributed by atoms with Crippen LogP contribution in [-0.4, -0.2) is 40.6 Å². The highest BCUT2D eigenvalue weighted by Crippen LogP contribution is 2.19. The number of pyridine rings is 1. The zero-order valence-electron chi connectivity index (χ0n) is 11.5. The van der Waals surface area contributed by atoms with E-state index >= 15 is 0 Å². The summed E-state index contributed by atoms with van der Waals surface area (Å²) in [5.74, 6) is -0.105. The molecule has 0 fully saturated rings. The fraction of sp³-hybridized carbons (Fsp3) is 0.250. The second kappa shape index (κ2) is 6.82. The summed E-state index contributed by atoms with van der Waals surface area (Å²) in [5, 5.41) is 8.99. The van der Waals surface area contributed by atoms with Crippen molar-refractivity contribution in [1.29, 1.82) is 0 Å². The van der Waals surface area contributed by atoms with Crippen LogP contribution in [0.15, 0.2) is 48.8 Å². The van der Waals surface area contributed by atoms with Gasteiger partial charge in [0, 0.05) is 31.0 Å². The molecule has 0 saturated heterocycles. The number of nitrogens with zero attached hydrogens (tertiary/aromatic N) is 2. The highest BCUT2D eigenvalue weighted by Gasteiger charge is 2.14. The molecule has 0 spiro atoms. The third-order valence-corrected chi connectivity index (χ3v) is 3.13. The summed E-state index contributed by atoms with van der Waals surface area (Å²) in [6.07, 6.45) is 3.31. The van der Waals surface area contributed by atoms with Crippen molar-refractivity contribution < 1.29 is 9.90 Å². The van der Waals surface area contributed by atoms with Gasteiger partial charge in [0.15, 0.2) is 0 Å². The van der Waals surface area contributed by atoms with Gasteiger partial charge < -0.3 is 10.0 Å². The second-order valence-corrected chi connectivity index (χ2v) is 4.44. The maximum Gasteiger partial charge on any atom is 0.255 e. The molecule has 20 heavy (non-hydrogen) atoms. The minimum atomic E-state index is -0.105.